The number of hydrogen-bond acceptors (Lipinski definition) is 3. The Bertz CT molecular complexity index is 1130. The van der Waals surface area contributed by atoms with E-state index in [1.807, 2.05) is 44.2 Å². The maximum Gasteiger partial charge on any atom is 0.261 e. The van der Waals surface area contributed by atoms with Crippen LogP contribution in [0.25, 0.3) is 0 Å². The zero-order chi connectivity index (χ0) is 21.7. The molecule has 0 spiro atoms. The molecule has 5 nitrogen and oxygen atoms in total. The van der Waals surface area contributed by atoms with Gasteiger partial charge in [0.05, 0.1) is 21.2 Å². The van der Waals surface area contributed by atoms with Crippen LogP contribution in [0.2, 0.25) is 5.02 Å². The second-order valence-corrected chi connectivity index (χ2v) is 9.22. The van der Waals surface area contributed by atoms with Crippen molar-refractivity contribution in [3.8, 4) is 0 Å². The highest BCUT2D eigenvalue weighted by Gasteiger charge is 2.17. The lowest BCUT2D eigenvalue weighted by Gasteiger charge is -2.14. The van der Waals surface area contributed by atoms with Gasteiger partial charge in [-0.2, -0.15) is 0 Å². The molecule has 0 bridgehead atoms. The molecule has 0 aromatic heterocycles. The summed E-state index contributed by atoms with van der Waals surface area (Å²) in [7, 11) is -3.74. The summed E-state index contributed by atoms with van der Waals surface area (Å²) in [5.74, 6) is -0.162. The van der Waals surface area contributed by atoms with E-state index in [4.69, 9.17) is 11.6 Å². The van der Waals surface area contributed by atoms with Gasteiger partial charge < -0.3 is 5.32 Å². The van der Waals surface area contributed by atoms with E-state index in [9.17, 15) is 13.2 Å². The van der Waals surface area contributed by atoms with E-state index in [1.165, 1.54) is 30.3 Å². The third-order valence-electron chi connectivity index (χ3n) is 4.73. The molecular weight excluding hydrogens is 420 g/mol. The van der Waals surface area contributed by atoms with Crippen molar-refractivity contribution >= 4 is 33.2 Å². The van der Waals surface area contributed by atoms with E-state index >= 15 is 0 Å². The highest BCUT2D eigenvalue weighted by molar-refractivity contribution is 7.92. The van der Waals surface area contributed by atoms with E-state index in [-0.39, 0.29) is 33.0 Å². The predicted octanol–water partition coefficient (Wildman–Crippen LogP) is 4.98. The lowest BCUT2D eigenvalue weighted by Crippen LogP contribution is -2.27. The van der Waals surface area contributed by atoms with Gasteiger partial charge in [-0.15, -0.1) is 0 Å². The Labute approximate surface area is 182 Å². The number of amides is 1. The van der Waals surface area contributed by atoms with Crippen LogP contribution in [0.1, 0.15) is 34.3 Å². The topological polar surface area (TPSA) is 75.3 Å². The Morgan fingerprint density at radius 3 is 2.30 bits per heavy atom. The lowest BCUT2D eigenvalue weighted by atomic mass is 10.0. The molecule has 0 radical (unpaired) electrons. The minimum absolute atomic E-state index is 0.148. The maximum atomic E-state index is 12.5. The second kappa shape index (κ2) is 9.32. The van der Waals surface area contributed by atoms with Gasteiger partial charge in [-0.3, -0.25) is 9.52 Å². The summed E-state index contributed by atoms with van der Waals surface area (Å²) in [4.78, 5) is 12.7. The molecule has 1 atom stereocenters. The van der Waals surface area contributed by atoms with Crippen molar-refractivity contribution < 1.29 is 13.2 Å². The molecule has 0 fully saturated rings. The highest BCUT2D eigenvalue weighted by Crippen LogP contribution is 2.24. The first kappa shape index (κ1) is 21.9. The quantitative estimate of drug-likeness (QED) is 0.541. The van der Waals surface area contributed by atoms with E-state index < -0.39 is 10.0 Å². The van der Waals surface area contributed by atoms with Crippen LogP contribution in [0.3, 0.4) is 0 Å². The molecule has 3 aromatic carbocycles. The van der Waals surface area contributed by atoms with Crippen molar-refractivity contribution in [2.75, 3.05) is 11.3 Å². The molecule has 7 heteroatoms. The fourth-order valence-corrected chi connectivity index (χ4v) is 4.25. The van der Waals surface area contributed by atoms with Crippen LogP contribution in [0.5, 0.6) is 0 Å². The van der Waals surface area contributed by atoms with Crippen LogP contribution in [-0.4, -0.2) is 20.9 Å². The van der Waals surface area contributed by atoms with Crippen LogP contribution >= 0.6 is 11.6 Å². The normalized spacial score (nSPS) is 12.2. The van der Waals surface area contributed by atoms with Crippen LogP contribution in [0, 0.1) is 6.92 Å². The fraction of sp³-hybridized carbons (Fsp3) is 0.174. The number of sulfonamides is 1. The molecule has 0 saturated carbocycles. The minimum atomic E-state index is -3.74. The number of carbonyl (C=O) groups is 1. The van der Waals surface area contributed by atoms with Gasteiger partial charge in [0, 0.05) is 6.54 Å². The molecule has 0 heterocycles. The smallest absolute Gasteiger partial charge is 0.261 e. The van der Waals surface area contributed by atoms with Crippen molar-refractivity contribution in [3.05, 3.63) is 94.5 Å². The van der Waals surface area contributed by atoms with Crippen LogP contribution in [0.4, 0.5) is 5.69 Å². The summed E-state index contributed by atoms with van der Waals surface area (Å²) < 4.78 is 27.5. The van der Waals surface area contributed by atoms with Crippen molar-refractivity contribution in [3.63, 3.8) is 0 Å². The van der Waals surface area contributed by atoms with Crippen molar-refractivity contribution in [1.82, 2.24) is 5.32 Å². The van der Waals surface area contributed by atoms with Crippen molar-refractivity contribution in [2.45, 2.75) is 24.7 Å². The number of hydrogen-bond donors (Lipinski definition) is 2. The molecule has 3 aromatic rings. The molecule has 1 amide bonds. The number of aryl methyl sites for hydroxylation is 1. The SMILES string of the molecule is Cc1ccc(S(=O)(=O)Nc2ccc(C(=O)NC[C@H](C)c3ccccc3)c(Cl)c2)cc1. The Morgan fingerprint density at radius 1 is 1.00 bits per heavy atom. The van der Waals surface area contributed by atoms with E-state index in [1.54, 1.807) is 12.1 Å². The number of carbonyl (C=O) groups excluding carboxylic acids is 1. The van der Waals surface area contributed by atoms with Gasteiger partial charge >= 0.3 is 0 Å². The standard InChI is InChI=1S/C23H23ClN2O3S/c1-16-8-11-20(12-9-16)30(28,29)26-19-10-13-21(22(24)14-19)23(27)25-15-17(2)18-6-4-3-5-7-18/h3-14,17,26H,15H2,1-2H3,(H,25,27)/t17-/m0/s1. The van der Waals surface area contributed by atoms with Gasteiger partial charge in [0.15, 0.2) is 0 Å². The summed E-state index contributed by atoms with van der Waals surface area (Å²) in [5.41, 5.74) is 2.67. The summed E-state index contributed by atoms with van der Waals surface area (Å²) in [6, 6.07) is 20.9. The molecule has 3 rings (SSSR count). The maximum absolute atomic E-state index is 12.5. The molecule has 2 N–H and O–H groups in total. The summed E-state index contributed by atoms with van der Waals surface area (Å²) in [5, 5.41) is 3.05. The van der Waals surface area contributed by atoms with E-state index in [0.29, 0.717) is 6.54 Å². The van der Waals surface area contributed by atoms with Gasteiger partial charge in [-0.05, 0) is 48.7 Å². The van der Waals surface area contributed by atoms with Crippen molar-refractivity contribution in [1.29, 1.82) is 0 Å². The number of halogens is 1. The number of benzene rings is 3. The van der Waals surface area contributed by atoms with Crippen LogP contribution < -0.4 is 10.0 Å². The lowest BCUT2D eigenvalue weighted by molar-refractivity contribution is 0.0952. The average molecular weight is 443 g/mol. The van der Waals surface area contributed by atoms with Gasteiger partial charge in [0.2, 0.25) is 0 Å². The number of rotatable bonds is 7. The first-order valence-electron chi connectivity index (χ1n) is 9.48. The van der Waals surface area contributed by atoms with E-state index in [2.05, 4.69) is 10.0 Å². The molecule has 0 aliphatic carbocycles. The summed E-state index contributed by atoms with van der Waals surface area (Å²) >= 11 is 6.26. The Hall–Kier alpha value is -2.83. The van der Waals surface area contributed by atoms with Crippen LogP contribution in [-0.2, 0) is 10.0 Å². The highest BCUT2D eigenvalue weighted by atomic mass is 35.5. The molecule has 30 heavy (non-hydrogen) atoms. The van der Waals surface area contributed by atoms with Crippen molar-refractivity contribution in [2.24, 2.45) is 0 Å². The Morgan fingerprint density at radius 2 is 1.67 bits per heavy atom. The zero-order valence-corrected chi connectivity index (χ0v) is 18.3. The molecular formula is C23H23ClN2O3S. The average Bonchev–Trinajstić information content (AvgIpc) is 2.72. The van der Waals surface area contributed by atoms with Crippen LogP contribution in [0.15, 0.2) is 77.7 Å². The van der Waals surface area contributed by atoms with Gasteiger partial charge in [-0.1, -0.05) is 66.6 Å². The largest absolute Gasteiger partial charge is 0.351 e. The van der Waals surface area contributed by atoms with Gasteiger partial charge in [0.25, 0.3) is 15.9 Å². The first-order valence-corrected chi connectivity index (χ1v) is 11.3. The zero-order valence-electron chi connectivity index (χ0n) is 16.7. The molecule has 0 unspecified atom stereocenters. The number of nitrogens with one attached hydrogen (secondary N) is 2. The summed E-state index contributed by atoms with van der Waals surface area (Å²) in [6.07, 6.45) is 0. The first-order chi connectivity index (χ1) is 14.3. The van der Waals surface area contributed by atoms with E-state index in [0.717, 1.165) is 11.1 Å². The Balaban J connectivity index is 1.67. The molecule has 0 aliphatic heterocycles. The number of anilines is 1. The molecule has 0 saturated heterocycles. The Kier molecular flexibility index (Phi) is 6.80. The minimum Gasteiger partial charge on any atom is -0.351 e. The third-order valence-corrected chi connectivity index (χ3v) is 6.44. The predicted molar refractivity (Wildman–Crippen MR) is 121 cm³/mol. The molecule has 156 valence electrons. The third kappa shape index (κ3) is 5.40. The van der Waals surface area contributed by atoms with Gasteiger partial charge in [0.1, 0.15) is 0 Å². The summed E-state index contributed by atoms with van der Waals surface area (Å²) in [6.45, 7) is 4.37. The monoisotopic (exact) mass is 442 g/mol. The fourth-order valence-electron chi connectivity index (χ4n) is 2.93. The second-order valence-electron chi connectivity index (χ2n) is 7.13. The molecule has 0 aliphatic rings. The van der Waals surface area contributed by atoms with Gasteiger partial charge in [-0.25, -0.2) is 8.42 Å².